The van der Waals surface area contributed by atoms with Crippen LogP contribution in [0.2, 0.25) is 0 Å². The Morgan fingerprint density at radius 1 is 1.12 bits per heavy atom. The van der Waals surface area contributed by atoms with Crippen LogP contribution in [-0.4, -0.2) is 8.90 Å². The first kappa shape index (κ1) is 14.8. The summed E-state index contributed by atoms with van der Waals surface area (Å²) in [5.74, 6) is -1.10. The molecule has 0 saturated carbocycles. The summed E-state index contributed by atoms with van der Waals surface area (Å²) < 4.78 is 48.1. The molecule has 1 rings (SSSR count). The number of hydrogen-bond donors (Lipinski definition) is 1. The van der Waals surface area contributed by atoms with Gasteiger partial charge in [0.15, 0.2) is 0 Å². The molecule has 1 aromatic rings. The number of halogens is 7. The topological polar surface area (TPSA) is 20.2 Å². The summed E-state index contributed by atoms with van der Waals surface area (Å²) in [4.78, 5) is 0. The molecule has 0 amide bonds. The summed E-state index contributed by atoms with van der Waals surface area (Å²) in [6, 6.07) is 1.70. The van der Waals surface area contributed by atoms with Gasteiger partial charge in [0.05, 0.1) is 5.56 Å². The molecule has 0 fully saturated rings. The predicted octanol–water partition coefficient (Wildman–Crippen LogP) is 4.25. The van der Waals surface area contributed by atoms with E-state index in [1.165, 1.54) is 0 Å². The summed E-state index contributed by atoms with van der Waals surface area (Å²) in [6.45, 7) is 0. The predicted molar refractivity (Wildman–Crippen MR) is 56.7 cm³/mol. The third kappa shape index (κ3) is 3.61. The first-order chi connectivity index (χ1) is 7.53. The highest BCUT2D eigenvalue weighted by molar-refractivity contribution is 6.68. The normalized spacial score (nSPS) is 14.8. The zero-order valence-corrected chi connectivity index (χ0v) is 10.2. The minimum absolute atomic E-state index is 0.231. The van der Waals surface area contributed by atoms with Crippen molar-refractivity contribution in [3.8, 4) is 0 Å². The zero-order valence-electron chi connectivity index (χ0n) is 7.90. The second-order valence-corrected chi connectivity index (χ2v) is 5.54. The quantitative estimate of drug-likeness (QED) is 0.607. The highest BCUT2D eigenvalue weighted by Gasteiger charge is 2.40. The molecule has 1 nitrogen and oxygen atoms in total. The van der Waals surface area contributed by atoms with E-state index in [1.54, 1.807) is 0 Å². The fourth-order valence-electron chi connectivity index (χ4n) is 1.19. The molecule has 1 aromatic carbocycles. The van der Waals surface area contributed by atoms with Crippen molar-refractivity contribution in [2.45, 2.75) is 16.1 Å². The average molecular weight is 311 g/mol. The van der Waals surface area contributed by atoms with E-state index in [9.17, 15) is 22.7 Å². The summed E-state index contributed by atoms with van der Waals surface area (Å²) >= 11 is 15.9. The second kappa shape index (κ2) is 4.80. The number of aliphatic hydroxyl groups excluding tert-OH is 1. The highest BCUT2D eigenvalue weighted by atomic mass is 35.6. The summed E-state index contributed by atoms with van der Waals surface area (Å²) in [7, 11) is 0. The minimum Gasteiger partial charge on any atom is -0.384 e. The van der Waals surface area contributed by atoms with E-state index in [0.29, 0.717) is 0 Å². The van der Waals surface area contributed by atoms with Crippen molar-refractivity contribution in [2.75, 3.05) is 0 Å². The summed E-state index contributed by atoms with van der Waals surface area (Å²) in [5, 5.41) is 9.47. The smallest absolute Gasteiger partial charge is 0.384 e. The molecule has 0 aliphatic carbocycles. The van der Waals surface area contributed by atoms with Crippen LogP contribution in [0.1, 0.15) is 17.2 Å². The van der Waals surface area contributed by atoms with Crippen LogP contribution in [0, 0.1) is 5.82 Å². The van der Waals surface area contributed by atoms with Crippen LogP contribution in [0.5, 0.6) is 0 Å². The molecule has 0 aliphatic rings. The van der Waals surface area contributed by atoms with Crippen LogP contribution in [0.3, 0.4) is 0 Å². The van der Waals surface area contributed by atoms with Gasteiger partial charge in [0.2, 0.25) is 3.79 Å². The number of hydrogen-bond acceptors (Lipinski definition) is 1. The van der Waals surface area contributed by atoms with Crippen molar-refractivity contribution in [1.82, 2.24) is 0 Å². The van der Waals surface area contributed by atoms with Crippen molar-refractivity contribution in [3.63, 3.8) is 0 Å². The zero-order chi connectivity index (χ0) is 13.4. The van der Waals surface area contributed by atoms with Crippen molar-refractivity contribution >= 4 is 34.8 Å². The van der Waals surface area contributed by atoms with Gasteiger partial charge in [-0.3, -0.25) is 0 Å². The molecule has 0 spiro atoms. The van der Waals surface area contributed by atoms with Gasteiger partial charge in [-0.2, -0.15) is 13.2 Å². The molecule has 1 N–H and O–H groups in total. The molecule has 17 heavy (non-hydrogen) atoms. The van der Waals surface area contributed by atoms with E-state index in [-0.39, 0.29) is 6.07 Å². The molecule has 1 unspecified atom stereocenters. The maximum Gasteiger partial charge on any atom is 0.416 e. The Labute approximate surface area is 109 Å². The summed E-state index contributed by atoms with van der Waals surface area (Å²) in [5.41, 5.74) is -2.07. The summed E-state index contributed by atoms with van der Waals surface area (Å²) in [6.07, 6.45) is -6.86. The standard InChI is InChI=1S/C9H5Cl3F4O/c10-8(11,12)7(17)5-2-1-4(13)3-6(5)9(14,15)16/h1-3,7,17H. The van der Waals surface area contributed by atoms with Crippen LogP contribution < -0.4 is 0 Å². The Kier molecular flexibility index (Phi) is 4.19. The van der Waals surface area contributed by atoms with Crippen molar-refractivity contribution < 1.29 is 22.7 Å². The SMILES string of the molecule is OC(c1ccc(F)cc1C(F)(F)F)C(Cl)(Cl)Cl. The third-order valence-electron chi connectivity index (χ3n) is 1.93. The Bertz CT molecular complexity index is 414. The van der Waals surface area contributed by atoms with Gasteiger partial charge < -0.3 is 5.11 Å². The Morgan fingerprint density at radius 3 is 2.06 bits per heavy atom. The lowest BCUT2D eigenvalue weighted by Crippen LogP contribution is -2.21. The lowest BCUT2D eigenvalue weighted by Gasteiger charge is -2.22. The van der Waals surface area contributed by atoms with Crippen LogP contribution in [0.4, 0.5) is 17.6 Å². The van der Waals surface area contributed by atoms with Gasteiger partial charge in [-0.25, -0.2) is 4.39 Å². The lowest BCUT2D eigenvalue weighted by atomic mass is 10.0. The molecule has 96 valence electrons. The largest absolute Gasteiger partial charge is 0.416 e. The number of benzene rings is 1. The van der Waals surface area contributed by atoms with E-state index in [0.717, 1.165) is 12.1 Å². The second-order valence-electron chi connectivity index (χ2n) is 3.17. The molecule has 0 radical (unpaired) electrons. The average Bonchev–Trinajstić information content (AvgIpc) is 2.14. The third-order valence-corrected chi connectivity index (χ3v) is 2.55. The molecule has 0 saturated heterocycles. The lowest BCUT2D eigenvalue weighted by molar-refractivity contribution is -0.139. The molecule has 8 heteroatoms. The Morgan fingerprint density at radius 2 is 1.65 bits per heavy atom. The molecule has 0 bridgehead atoms. The molecule has 1 atom stereocenters. The maximum atomic E-state index is 12.8. The van der Waals surface area contributed by atoms with E-state index in [4.69, 9.17) is 34.8 Å². The number of aliphatic hydroxyl groups is 1. The van der Waals surface area contributed by atoms with Gasteiger partial charge >= 0.3 is 6.18 Å². The van der Waals surface area contributed by atoms with Crippen molar-refractivity contribution in [3.05, 3.63) is 35.1 Å². The van der Waals surface area contributed by atoms with Crippen molar-refractivity contribution in [1.29, 1.82) is 0 Å². The minimum atomic E-state index is -4.85. The van der Waals surface area contributed by atoms with Gasteiger partial charge in [0, 0.05) is 0 Å². The van der Waals surface area contributed by atoms with E-state index < -0.39 is 33.0 Å². The maximum absolute atomic E-state index is 12.8. The molecular formula is C9H5Cl3F4O. The van der Waals surface area contributed by atoms with Crippen LogP contribution in [-0.2, 0) is 6.18 Å². The van der Waals surface area contributed by atoms with Crippen LogP contribution in [0.25, 0.3) is 0 Å². The fourth-order valence-corrected chi connectivity index (χ4v) is 1.54. The Balaban J connectivity index is 3.34. The highest BCUT2D eigenvalue weighted by Crippen LogP contribution is 2.44. The first-order valence-electron chi connectivity index (χ1n) is 4.15. The van der Waals surface area contributed by atoms with Gasteiger partial charge in [-0.1, -0.05) is 40.9 Å². The van der Waals surface area contributed by atoms with Gasteiger partial charge in [-0.05, 0) is 17.7 Å². The van der Waals surface area contributed by atoms with Crippen molar-refractivity contribution in [2.24, 2.45) is 0 Å². The number of rotatable bonds is 1. The van der Waals surface area contributed by atoms with Gasteiger partial charge in [0.1, 0.15) is 11.9 Å². The Hall–Kier alpha value is -0.230. The monoisotopic (exact) mass is 310 g/mol. The van der Waals surface area contributed by atoms with E-state index in [1.807, 2.05) is 0 Å². The van der Waals surface area contributed by atoms with Crippen LogP contribution >= 0.6 is 34.8 Å². The molecule has 0 aliphatic heterocycles. The van der Waals surface area contributed by atoms with Gasteiger partial charge in [-0.15, -0.1) is 0 Å². The number of alkyl halides is 6. The van der Waals surface area contributed by atoms with E-state index >= 15 is 0 Å². The first-order valence-corrected chi connectivity index (χ1v) is 5.28. The fraction of sp³-hybridized carbons (Fsp3) is 0.333. The van der Waals surface area contributed by atoms with Crippen LogP contribution in [0.15, 0.2) is 18.2 Å². The van der Waals surface area contributed by atoms with E-state index in [2.05, 4.69) is 0 Å². The van der Waals surface area contributed by atoms with Gasteiger partial charge in [0.25, 0.3) is 0 Å². The molecule has 0 heterocycles. The molecule has 0 aromatic heterocycles. The molecular weight excluding hydrogens is 306 g/mol.